The molecule has 6 heteroatoms. The molecular weight excluding hydrogens is 172 g/mol. The van der Waals surface area contributed by atoms with Crippen LogP contribution in [0, 0.1) is 5.21 Å². The van der Waals surface area contributed by atoms with Crippen LogP contribution in [0.4, 0.5) is 0 Å². The van der Waals surface area contributed by atoms with Gasteiger partial charge in [-0.15, -0.1) is 0 Å². The highest BCUT2D eigenvalue weighted by atomic mass is 17.0. The van der Waals surface area contributed by atoms with Crippen molar-refractivity contribution < 1.29 is 4.94 Å². The lowest BCUT2D eigenvalue weighted by atomic mass is 10.1. The maximum Gasteiger partial charge on any atom is 0.0441 e. The van der Waals surface area contributed by atoms with E-state index in [-0.39, 0.29) is 5.54 Å². The number of hydrogen-bond donors (Lipinski definition) is 2. The van der Waals surface area contributed by atoms with Gasteiger partial charge in [0.15, 0.2) is 0 Å². The van der Waals surface area contributed by atoms with Crippen LogP contribution < -0.4 is 10.9 Å². The largest absolute Gasteiger partial charge is 0.745 e. The molecule has 0 bridgehead atoms. The van der Waals surface area contributed by atoms with Gasteiger partial charge in [0.1, 0.15) is 0 Å². The van der Waals surface area contributed by atoms with E-state index >= 15 is 0 Å². The van der Waals surface area contributed by atoms with Crippen molar-refractivity contribution >= 4 is 0 Å². The second-order valence-electron chi connectivity index (χ2n) is 3.53. The first-order valence-corrected chi connectivity index (χ1v) is 4.28. The molecule has 0 aromatic carbocycles. The molecule has 2 N–H and O–H groups in total. The minimum absolute atomic E-state index is 0.341. The Balaban J connectivity index is 4.07. The molecule has 0 spiro atoms. The van der Waals surface area contributed by atoms with Gasteiger partial charge in [-0.05, 0) is 20.8 Å². The third kappa shape index (κ3) is 4.51. The molecule has 0 fully saturated rings. The zero-order valence-electron chi connectivity index (χ0n) is 8.92. The minimum atomic E-state index is -0.341. The Hall–Kier alpha value is -0.240. The summed E-state index contributed by atoms with van der Waals surface area (Å²) in [4.78, 5) is 4.66. The quantitative estimate of drug-likeness (QED) is 0.613. The monoisotopic (exact) mass is 191 g/mol. The van der Waals surface area contributed by atoms with Gasteiger partial charge in [0.2, 0.25) is 0 Å². The molecule has 6 nitrogen and oxygen atoms in total. The Morgan fingerprint density at radius 1 is 1.38 bits per heavy atom. The Kier molecular flexibility index (Phi) is 5.38. The van der Waals surface area contributed by atoms with Crippen LogP contribution >= 0.6 is 0 Å². The van der Waals surface area contributed by atoms with E-state index in [9.17, 15) is 5.21 Å². The summed E-state index contributed by atoms with van der Waals surface area (Å²) in [6.45, 7) is 8.09. The molecule has 0 atom stereocenters. The molecule has 0 saturated heterocycles. The van der Waals surface area contributed by atoms with E-state index in [2.05, 4.69) is 15.8 Å². The normalized spacial score (nSPS) is 12.9. The summed E-state index contributed by atoms with van der Waals surface area (Å²) in [6.07, 6.45) is 0. The van der Waals surface area contributed by atoms with Crippen molar-refractivity contribution in [2.75, 3.05) is 13.6 Å². The summed E-state index contributed by atoms with van der Waals surface area (Å²) in [7, 11) is 1.66. The summed E-state index contributed by atoms with van der Waals surface area (Å²) in [5.74, 6) is 0. The maximum absolute atomic E-state index is 11.3. The van der Waals surface area contributed by atoms with Gasteiger partial charge in [-0.1, -0.05) is 6.92 Å². The number of rotatable bonds is 5. The van der Waals surface area contributed by atoms with Crippen LogP contribution in [-0.4, -0.2) is 29.6 Å². The number of hydrazine groups is 2. The zero-order chi connectivity index (χ0) is 10.5. The molecule has 0 unspecified atom stereocenters. The van der Waals surface area contributed by atoms with Crippen molar-refractivity contribution in [3.05, 3.63) is 5.21 Å². The topological polar surface area (TPSA) is 62.8 Å². The van der Waals surface area contributed by atoms with E-state index in [4.69, 9.17) is 0 Å². The highest BCUT2D eigenvalue weighted by Gasteiger charge is 2.22. The molecule has 0 aliphatic carbocycles. The Morgan fingerprint density at radius 3 is 2.23 bits per heavy atom. The molecule has 13 heavy (non-hydrogen) atoms. The van der Waals surface area contributed by atoms with E-state index in [1.165, 1.54) is 5.12 Å². The number of nitrogens with one attached hydrogen (secondary N) is 2. The lowest BCUT2D eigenvalue weighted by molar-refractivity contribution is -0.324. The second kappa shape index (κ2) is 5.48. The highest BCUT2D eigenvalue weighted by Crippen LogP contribution is 2.11. The molecule has 0 aliphatic heterocycles. The summed E-state index contributed by atoms with van der Waals surface area (Å²) in [6, 6.07) is 0. The van der Waals surface area contributed by atoms with Crippen LogP contribution in [0.25, 0.3) is 0 Å². The van der Waals surface area contributed by atoms with Gasteiger partial charge < -0.3 is 5.21 Å². The van der Waals surface area contributed by atoms with Crippen molar-refractivity contribution in [3.63, 3.8) is 0 Å². The molecule has 0 heterocycles. The van der Waals surface area contributed by atoms with Crippen LogP contribution in [0.2, 0.25) is 0 Å². The molecule has 0 aliphatic rings. The molecule has 0 radical (unpaired) electrons. The van der Waals surface area contributed by atoms with Crippen molar-refractivity contribution in [2.24, 2.45) is 0 Å². The van der Waals surface area contributed by atoms with Gasteiger partial charge in [-0.2, -0.15) is 15.9 Å². The molecular formula is C7H19N4O2-. The van der Waals surface area contributed by atoms with Crippen molar-refractivity contribution in [3.8, 4) is 0 Å². The predicted octanol–water partition coefficient (Wildman–Crippen LogP) is 0.392. The fourth-order valence-corrected chi connectivity index (χ4v) is 0.823. The van der Waals surface area contributed by atoms with Crippen molar-refractivity contribution in [1.29, 1.82) is 0 Å². The summed E-state index contributed by atoms with van der Waals surface area (Å²) in [5.41, 5.74) is 4.86. The summed E-state index contributed by atoms with van der Waals surface area (Å²) in [5, 5.41) is 13.0. The lowest BCUT2D eigenvalue weighted by Crippen LogP contribution is -2.57. The highest BCUT2D eigenvalue weighted by molar-refractivity contribution is 4.68. The molecule has 0 amide bonds. The van der Waals surface area contributed by atoms with Crippen LogP contribution in [-0.2, 0) is 4.94 Å². The van der Waals surface area contributed by atoms with Gasteiger partial charge in [0, 0.05) is 19.1 Å². The van der Waals surface area contributed by atoms with Crippen LogP contribution in [0.15, 0.2) is 0 Å². The summed E-state index contributed by atoms with van der Waals surface area (Å²) >= 11 is 0. The fraction of sp³-hybridized carbons (Fsp3) is 1.00. The summed E-state index contributed by atoms with van der Waals surface area (Å²) < 4.78 is 0. The van der Waals surface area contributed by atoms with Crippen LogP contribution in [0.5, 0.6) is 0 Å². The number of hydroxylamine groups is 1. The minimum Gasteiger partial charge on any atom is -0.745 e. The van der Waals surface area contributed by atoms with Crippen molar-refractivity contribution in [1.82, 2.24) is 21.4 Å². The molecule has 0 aromatic rings. The maximum atomic E-state index is 11.3. The second-order valence-corrected chi connectivity index (χ2v) is 3.53. The number of hydrogen-bond acceptors (Lipinski definition) is 6. The smallest absolute Gasteiger partial charge is 0.0441 e. The van der Waals surface area contributed by atoms with Crippen molar-refractivity contribution in [2.45, 2.75) is 33.2 Å². The van der Waals surface area contributed by atoms with Gasteiger partial charge >= 0.3 is 0 Å². The zero-order valence-corrected chi connectivity index (χ0v) is 8.92. The third-order valence-electron chi connectivity index (χ3n) is 1.30. The van der Waals surface area contributed by atoms with Gasteiger partial charge in [-0.25, -0.2) is 10.4 Å². The number of nitrogens with zero attached hydrogens (tertiary/aromatic N) is 2. The third-order valence-corrected chi connectivity index (χ3v) is 1.30. The first kappa shape index (κ1) is 12.8. The van der Waals surface area contributed by atoms with E-state index in [0.29, 0.717) is 11.9 Å². The van der Waals surface area contributed by atoms with Crippen LogP contribution in [0.1, 0.15) is 27.7 Å². The molecule has 0 rings (SSSR count). The molecule has 80 valence electrons. The van der Waals surface area contributed by atoms with E-state index in [1.807, 2.05) is 27.7 Å². The first-order chi connectivity index (χ1) is 5.93. The van der Waals surface area contributed by atoms with Crippen LogP contribution in [0.3, 0.4) is 0 Å². The Labute approximate surface area is 79.3 Å². The molecule has 0 aromatic heterocycles. The van der Waals surface area contributed by atoms with E-state index < -0.39 is 0 Å². The fourth-order valence-electron chi connectivity index (χ4n) is 0.823. The molecule has 0 saturated carbocycles. The SMILES string of the molecule is CCNON([O-])N(NC)C(C)(C)C. The van der Waals surface area contributed by atoms with Gasteiger partial charge in [-0.3, -0.25) is 0 Å². The standard InChI is InChI=1S/C7H19N4O2/c1-6-9-13-11(12)10(8-5)7(2,3)4/h8-9H,6H2,1-5H3/q-1. The first-order valence-electron chi connectivity index (χ1n) is 4.28. The average Bonchev–Trinajstić information content (AvgIpc) is 1.99. The Morgan fingerprint density at radius 2 is 1.92 bits per heavy atom. The van der Waals surface area contributed by atoms with E-state index in [0.717, 1.165) is 0 Å². The van der Waals surface area contributed by atoms with Gasteiger partial charge in [0.25, 0.3) is 0 Å². The Bertz CT molecular complexity index is 137. The average molecular weight is 191 g/mol. The predicted molar refractivity (Wildman–Crippen MR) is 50.6 cm³/mol. The van der Waals surface area contributed by atoms with Gasteiger partial charge in [0.05, 0.1) is 0 Å². The lowest BCUT2D eigenvalue weighted by Gasteiger charge is -2.44. The van der Waals surface area contributed by atoms with E-state index in [1.54, 1.807) is 7.05 Å².